The molecule has 2 N–H and O–H groups in total. The van der Waals surface area contributed by atoms with Crippen molar-refractivity contribution in [2.24, 2.45) is 0 Å². The Kier molecular flexibility index (Phi) is 7.12. The van der Waals surface area contributed by atoms with Crippen molar-refractivity contribution in [3.8, 4) is 0 Å². The molecular formula is C23H29N3O4S. The highest BCUT2D eigenvalue weighted by Gasteiger charge is 2.36. The largest absolute Gasteiger partial charge is 0.385 e. The first-order valence-electron chi connectivity index (χ1n) is 10.5. The van der Waals surface area contributed by atoms with Crippen LogP contribution in [0, 0.1) is 6.92 Å². The van der Waals surface area contributed by atoms with Gasteiger partial charge >= 0.3 is 0 Å². The van der Waals surface area contributed by atoms with Crippen LogP contribution in [0.5, 0.6) is 0 Å². The number of nitrogens with one attached hydrogen (secondary N) is 2. The number of sulfonamides is 1. The van der Waals surface area contributed by atoms with E-state index in [9.17, 15) is 18.0 Å². The highest BCUT2D eigenvalue weighted by Crippen LogP contribution is 2.30. The van der Waals surface area contributed by atoms with E-state index in [2.05, 4.69) is 10.0 Å². The molecule has 0 atom stereocenters. The van der Waals surface area contributed by atoms with E-state index in [1.807, 2.05) is 19.1 Å². The fourth-order valence-corrected chi connectivity index (χ4v) is 4.08. The summed E-state index contributed by atoms with van der Waals surface area (Å²) in [5, 5.41) is 2.85. The van der Waals surface area contributed by atoms with Gasteiger partial charge in [0.1, 0.15) is 0 Å². The molecule has 0 fully saturated rings. The smallest absolute Gasteiger partial charge is 0.266 e. The normalized spacial score (nSPS) is 13.7. The van der Waals surface area contributed by atoms with Crippen molar-refractivity contribution in [2.45, 2.75) is 45.3 Å². The molecule has 0 spiro atoms. The summed E-state index contributed by atoms with van der Waals surface area (Å²) in [5.74, 6) is -0.621. The van der Waals surface area contributed by atoms with Crippen LogP contribution in [0.25, 0.3) is 0 Å². The first-order chi connectivity index (χ1) is 14.7. The Balaban J connectivity index is 1.51. The molecule has 0 radical (unpaired) electrons. The van der Waals surface area contributed by atoms with Crippen LogP contribution in [0.3, 0.4) is 0 Å². The number of hydrogen-bond donors (Lipinski definition) is 2. The third-order valence-electron chi connectivity index (χ3n) is 5.29. The molecule has 2 amide bonds. The molecule has 1 aliphatic rings. The zero-order valence-corrected chi connectivity index (χ0v) is 19.0. The fraction of sp³-hybridized carbons (Fsp3) is 0.391. The monoisotopic (exact) mass is 443 g/mol. The van der Waals surface area contributed by atoms with Gasteiger partial charge in [0.2, 0.25) is 10.0 Å². The van der Waals surface area contributed by atoms with Gasteiger partial charge in [0.25, 0.3) is 11.8 Å². The number of benzene rings is 2. The number of amides is 2. The van der Waals surface area contributed by atoms with Crippen molar-refractivity contribution in [2.75, 3.05) is 23.3 Å². The molecule has 0 unspecified atom stereocenters. The van der Waals surface area contributed by atoms with Crippen molar-refractivity contribution in [1.29, 1.82) is 0 Å². The molecule has 2 aromatic carbocycles. The maximum Gasteiger partial charge on any atom is 0.266 e. The van der Waals surface area contributed by atoms with Crippen LogP contribution in [0.15, 0.2) is 42.5 Å². The van der Waals surface area contributed by atoms with Gasteiger partial charge in [-0.25, -0.2) is 18.0 Å². The Hall–Kier alpha value is -2.71. The van der Waals surface area contributed by atoms with Crippen molar-refractivity contribution < 1.29 is 18.0 Å². The zero-order chi connectivity index (χ0) is 22.6. The molecule has 7 nitrogen and oxygen atoms in total. The molecule has 166 valence electrons. The summed E-state index contributed by atoms with van der Waals surface area (Å²) in [6.07, 6.45) is 2.50. The van der Waals surface area contributed by atoms with Crippen LogP contribution >= 0.6 is 0 Å². The molecule has 3 rings (SSSR count). The van der Waals surface area contributed by atoms with Gasteiger partial charge < -0.3 is 5.32 Å². The summed E-state index contributed by atoms with van der Waals surface area (Å²) in [6, 6.07) is 12.5. The van der Waals surface area contributed by atoms with E-state index < -0.39 is 15.3 Å². The Morgan fingerprint density at radius 1 is 0.871 bits per heavy atom. The third kappa shape index (κ3) is 5.32. The second-order valence-corrected chi connectivity index (χ2v) is 10.3. The van der Waals surface area contributed by atoms with Crippen LogP contribution in [-0.2, 0) is 10.0 Å². The quantitative estimate of drug-likeness (QED) is 0.431. The van der Waals surface area contributed by atoms with Crippen LogP contribution in [0.4, 0.5) is 11.4 Å². The van der Waals surface area contributed by atoms with Crippen LogP contribution in [0.1, 0.15) is 59.4 Å². The molecule has 0 saturated carbocycles. The van der Waals surface area contributed by atoms with E-state index >= 15 is 0 Å². The van der Waals surface area contributed by atoms with Gasteiger partial charge in [-0.15, -0.1) is 0 Å². The van der Waals surface area contributed by atoms with Gasteiger partial charge in [-0.2, -0.15) is 0 Å². The highest BCUT2D eigenvalue weighted by atomic mass is 32.2. The standard InChI is InChI=1S/C23H29N3O4S/c1-16(2)31(29,30)25-14-6-4-5-13-24-18-9-12-20-21(15-18)23(28)26(22(20)27)19-10-7-17(3)8-11-19/h7-12,15-16,24-25H,4-6,13-14H2,1-3H3. The molecule has 8 heteroatoms. The highest BCUT2D eigenvalue weighted by molar-refractivity contribution is 7.90. The number of nitrogens with zero attached hydrogens (tertiary/aromatic N) is 1. The molecule has 31 heavy (non-hydrogen) atoms. The Morgan fingerprint density at radius 3 is 2.19 bits per heavy atom. The van der Waals surface area contributed by atoms with Crippen molar-refractivity contribution in [3.05, 3.63) is 59.2 Å². The second kappa shape index (κ2) is 9.62. The number of carbonyl (C=O) groups excluding carboxylic acids is 2. The topological polar surface area (TPSA) is 95.6 Å². The predicted molar refractivity (Wildman–Crippen MR) is 123 cm³/mol. The summed E-state index contributed by atoms with van der Waals surface area (Å²) >= 11 is 0. The van der Waals surface area contributed by atoms with Crippen molar-refractivity contribution in [3.63, 3.8) is 0 Å². The Morgan fingerprint density at radius 2 is 1.52 bits per heavy atom. The van der Waals surface area contributed by atoms with Gasteiger partial charge in [-0.1, -0.05) is 24.1 Å². The number of carbonyl (C=O) groups is 2. The zero-order valence-electron chi connectivity index (χ0n) is 18.1. The third-order valence-corrected chi connectivity index (χ3v) is 7.13. The van der Waals surface area contributed by atoms with Gasteiger partial charge in [0.15, 0.2) is 0 Å². The number of unbranched alkanes of at least 4 members (excludes halogenated alkanes) is 2. The number of fused-ring (bicyclic) bond motifs is 1. The summed E-state index contributed by atoms with van der Waals surface area (Å²) < 4.78 is 26.0. The molecule has 1 heterocycles. The fourth-order valence-electron chi connectivity index (χ4n) is 3.32. The van der Waals surface area contributed by atoms with Crippen LogP contribution < -0.4 is 14.9 Å². The average Bonchev–Trinajstić information content (AvgIpc) is 2.98. The van der Waals surface area contributed by atoms with E-state index in [0.717, 1.165) is 30.5 Å². The lowest BCUT2D eigenvalue weighted by molar-refractivity contribution is 0.0926. The molecule has 0 aromatic heterocycles. The maximum atomic E-state index is 12.8. The van der Waals surface area contributed by atoms with Gasteiger partial charge in [0, 0.05) is 18.8 Å². The van der Waals surface area contributed by atoms with E-state index in [1.165, 1.54) is 4.90 Å². The first kappa shape index (κ1) is 23.0. The summed E-state index contributed by atoms with van der Waals surface area (Å²) in [7, 11) is -3.21. The first-order valence-corrected chi connectivity index (χ1v) is 12.1. The lowest BCUT2D eigenvalue weighted by atomic mass is 10.1. The lowest BCUT2D eigenvalue weighted by Gasteiger charge is -2.13. The number of anilines is 2. The molecule has 0 bridgehead atoms. The average molecular weight is 444 g/mol. The molecule has 0 saturated heterocycles. The molecular weight excluding hydrogens is 414 g/mol. The van der Waals surface area contributed by atoms with Crippen molar-refractivity contribution >= 4 is 33.2 Å². The minimum atomic E-state index is -3.21. The van der Waals surface area contributed by atoms with E-state index in [-0.39, 0.29) is 11.8 Å². The van der Waals surface area contributed by atoms with Crippen molar-refractivity contribution in [1.82, 2.24) is 4.72 Å². The SMILES string of the molecule is Cc1ccc(N2C(=O)c3ccc(NCCCCCNS(=O)(=O)C(C)C)cc3C2=O)cc1. The summed E-state index contributed by atoms with van der Waals surface area (Å²) in [6.45, 7) is 6.39. The van der Waals surface area contributed by atoms with E-state index in [0.29, 0.717) is 29.9 Å². The second-order valence-electron chi connectivity index (χ2n) is 8.02. The summed E-state index contributed by atoms with van der Waals surface area (Å²) in [4.78, 5) is 26.8. The lowest BCUT2D eigenvalue weighted by Crippen LogP contribution is -2.31. The minimum absolute atomic E-state index is 0.306. The number of imide groups is 1. The minimum Gasteiger partial charge on any atom is -0.385 e. The Labute approximate surface area is 183 Å². The Bertz CT molecular complexity index is 1060. The van der Waals surface area contributed by atoms with Gasteiger partial charge in [-0.3, -0.25) is 9.59 Å². The predicted octanol–water partition coefficient (Wildman–Crippen LogP) is 3.71. The van der Waals surface area contributed by atoms with E-state index in [1.54, 1.807) is 44.2 Å². The number of hydrogen-bond acceptors (Lipinski definition) is 5. The number of rotatable bonds is 10. The molecule has 0 aliphatic carbocycles. The maximum absolute atomic E-state index is 12.8. The van der Waals surface area contributed by atoms with E-state index in [4.69, 9.17) is 0 Å². The summed E-state index contributed by atoms with van der Waals surface area (Å²) in [5.41, 5.74) is 3.22. The van der Waals surface area contributed by atoms with Crippen LogP contribution in [-0.4, -0.2) is 38.6 Å². The van der Waals surface area contributed by atoms with Gasteiger partial charge in [0.05, 0.1) is 22.1 Å². The van der Waals surface area contributed by atoms with Gasteiger partial charge in [-0.05, 0) is 63.9 Å². The molecule has 2 aromatic rings. The molecule has 1 aliphatic heterocycles. The van der Waals surface area contributed by atoms with Crippen LogP contribution in [0.2, 0.25) is 0 Å². The number of aryl methyl sites for hydroxylation is 1.